The summed E-state index contributed by atoms with van der Waals surface area (Å²) in [5, 5.41) is 2.83. The second kappa shape index (κ2) is 7.43. The third-order valence-electron chi connectivity index (χ3n) is 2.69. The van der Waals surface area contributed by atoms with Crippen molar-refractivity contribution in [3.63, 3.8) is 0 Å². The van der Waals surface area contributed by atoms with Crippen LogP contribution in [0.1, 0.15) is 49.1 Å². The molecule has 2 unspecified atom stereocenters. The van der Waals surface area contributed by atoms with E-state index >= 15 is 0 Å². The maximum atomic E-state index is 11.8. The SMILES string of the molecule is CCC(C)NC(=O)c1coc(C(N)CCSC)n1. The summed E-state index contributed by atoms with van der Waals surface area (Å²) < 4.78 is 5.25. The molecule has 0 saturated carbocycles. The lowest BCUT2D eigenvalue weighted by atomic mass is 10.2. The highest BCUT2D eigenvalue weighted by Gasteiger charge is 2.17. The zero-order valence-electron chi connectivity index (χ0n) is 11.1. The van der Waals surface area contributed by atoms with Crippen LogP contribution in [0.25, 0.3) is 0 Å². The molecule has 0 aliphatic rings. The van der Waals surface area contributed by atoms with Gasteiger partial charge in [-0.25, -0.2) is 4.98 Å². The minimum atomic E-state index is -0.248. The molecule has 3 N–H and O–H groups in total. The van der Waals surface area contributed by atoms with Crippen molar-refractivity contribution < 1.29 is 9.21 Å². The summed E-state index contributed by atoms with van der Waals surface area (Å²) in [6.45, 7) is 3.96. The van der Waals surface area contributed by atoms with Crippen molar-refractivity contribution in [2.45, 2.75) is 38.8 Å². The molecule has 0 aliphatic heterocycles. The van der Waals surface area contributed by atoms with Crippen LogP contribution in [0.15, 0.2) is 10.7 Å². The largest absolute Gasteiger partial charge is 0.446 e. The zero-order chi connectivity index (χ0) is 13.5. The Kier molecular flexibility index (Phi) is 6.21. The first-order chi connectivity index (χ1) is 8.58. The van der Waals surface area contributed by atoms with Crippen LogP contribution >= 0.6 is 11.8 Å². The maximum absolute atomic E-state index is 11.8. The first-order valence-corrected chi connectivity index (χ1v) is 7.48. The molecule has 0 fully saturated rings. The molecule has 6 heteroatoms. The molecular weight excluding hydrogens is 250 g/mol. The molecule has 0 spiro atoms. The predicted molar refractivity (Wildman–Crippen MR) is 73.6 cm³/mol. The summed E-state index contributed by atoms with van der Waals surface area (Å²) in [6.07, 6.45) is 5.05. The average molecular weight is 271 g/mol. The maximum Gasteiger partial charge on any atom is 0.273 e. The van der Waals surface area contributed by atoms with Crippen molar-refractivity contribution in [1.29, 1.82) is 0 Å². The smallest absolute Gasteiger partial charge is 0.273 e. The molecule has 0 aromatic carbocycles. The van der Waals surface area contributed by atoms with Crippen LogP contribution in [-0.4, -0.2) is 28.9 Å². The molecule has 2 atom stereocenters. The summed E-state index contributed by atoms with van der Waals surface area (Å²) in [5.41, 5.74) is 6.22. The summed E-state index contributed by atoms with van der Waals surface area (Å²) in [5.74, 6) is 1.16. The van der Waals surface area contributed by atoms with E-state index in [1.165, 1.54) is 6.26 Å². The van der Waals surface area contributed by atoms with E-state index in [0.29, 0.717) is 11.6 Å². The van der Waals surface area contributed by atoms with Crippen molar-refractivity contribution in [3.8, 4) is 0 Å². The highest BCUT2D eigenvalue weighted by atomic mass is 32.2. The van der Waals surface area contributed by atoms with Crippen molar-refractivity contribution in [2.75, 3.05) is 12.0 Å². The number of rotatable bonds is 7. The third-order valence-corrected chi connectivity index (χ3v) is 3.34. The Morgan fingerprint density at radius 1 is 1.67 bits per heavy atom. The van der Waals surface area contributed by atoms with Crippen LogP contribution in [0.4, 0.5) is 0 Å². The molecule has 0 aliphatic carbocycles. The van der Waals surface area contributed by atoms with E-state index < -0.39 is 0 Å². The number of nitrogens with zero attached hydrogens (tertiary/aromatic N) is 1. The number of oxazole rings is 1. The normalized spacial score (nSPS) is 14.2. The van der Waals surface area contributed by atoms with Crippen molar-refractivity contribution in [1.82, 2.24) is 10.3 Å². The van der Waals surface area contributed by atoms with E-state index in [2.05, 4.69) is 10.3 Å². The first-order valence-electron chi connectivity index (χ1n) is 6.09. The van der Waals surface area contributed by atoms with Gasteiger partial charge in [0, 0.05) is 6.04 Å². The first kappa shape index (κ1) is 15.0. The molecule has 102 valence electrons. The number of carbonyl (C=O) groups is 1. The molecule has 1 rings (SSSR count). The number of amides is 1. The van der Waals surface area contributed by atoms with Crippen LogP contribution in [0.3, 0.4) is 0 Å². The Morgan fingerprint density at radius 2 is 2.39 bits per heavy atom. The lowest BCUT2D eigenvalue weighted by molar-refractivity contribution is 0.0934. The second-order valence-electron chi connectivity index (χ2n) is 4.24. The Bertz CT molecular complexity index is 381. The fourth-order valence-corrected chi connectivity index (χ4v) is 1.82. The summed E-state index contributed by atoms with van der Waals surface area (Å²) in [4.78, 5) is 15.9. The third kappa shape index (κ3) is 4.34. The van der Waals surface area contributed by atoms with Gasteiger partial charge in [-0.05, 0) is 31.8 Å². The van der Waals surface area contributed by atoms with Crippen molar-refractivity contribution >= 4 is 17.7 Å². The van der Waals surface area contributed by atoms with Gasteiger partial charge in [-0.15, -0.1) is 0 Å². The monoisotopic (exact) mass is 271 g/mol. The van der Waals surface area contributed by atoms with E-state index in [0.717, 1.165) is 18.6 Å². The van der Waals surface area contributed by atoms with Gasteiger partial charge in [0.15, 0.2) is 5.69 Å². The minimum absolute atomic E-state index is 0.128. The fourth-order valence-electron chi connectivity index (χ4n) is 1.33. The lowest BCUT2D eigenvalue weighted by Gasteiger charge is -2.09. The van der Waals surface area contributed by atoms with E-state index in [4.69, 9.17) is 10.2 Å². The molecule has 0 bridgehead atoms. The summed E-state index contributed by atoms with van der Waals surface area (Å²) in [7, 11) is 0. The Hall–Kier alpha value is -1.01. The summed E-state index contributed by atoms with van der Waals surface area (Å²) in [6, 6.07) is -0.120. The average Bonchev–Trinajstić information content (AvgIpc) is 2.85. The van der Waals surface area contributed by atoms with Gasteiger partial charge in [-0.3, -0.25) is 4.79 Å². The number of hydrogen-bond donors (Lipinski definition) is 2. The minimum Gasteiger partial charge on any atom is -0.446 e. The predicted octanol–water partition coefficient (Wildman–Crippen LogP) is 1.96. The molecule has 1 amide bonds. The molecule has 1 aromatic rings. The molecule has 5 nitrogen and oxygen atoms in total. The number of nitrogens with one attached hydrogen (secondary N) is 1. The van der Waals surface area contributed by atoms with Gasteiger partial charge in [0.25, 0.3) is 5.91 Å². The molecule has 0 radical (unpaired) electrons. The van der Waals surface area contributed by atoms with Crippen LogP contribution in [0, 0.1) is 0 Å². The summed E-state index contributed by atoms with van der Waals surface area (Å²) >= 11 is 1.72. The lowest BCUT2D eigenvalue weighted by Crippen LogP contribution is -2.32. The van der Waals surface area contributed by atoms with E-state index in [1.807, 2.05) is 20.1 Å². The van der Waals surface area contributed by atoms with E-state index in [-0.39, 0.29) is 18.0 Å². The topological polar surface area (TPSA) is 81.2 Å². The zero-order valence-corrected chi connectivity index (χ0v) is 11.9. The standard InChI is InChI=1S/C12H21N3O2S/c1-4-8(2)14-11(16)10-7-17-12(15-10)9(13)5-6-18-3/h7-9H,4-6,13H2,1-3H3,(H,14,16). The van der Waals surface area contributed by atoms with Crippen molar-refractivity contribution in [3.05, 3.63) is 17.8 Å². The molecule has 1 heterocycles. The number of carbonyl (C=O) groups excluding carboxylic acids is 1. The van der Waals surface area contributed by atoms with Crippen LogP contribution < -0.4 is 11.1 Å². The van der Waals surface area contributed by atoms with Crippen LogP contribution in [0.2, 0.25) is 0 Å². The molecular formula is C12H21N3O2S. The highest BCUT2D eigenvalue weighted by molar-refractivity contribution is 7.98. The molecule has 1 aromatic heterocycles. The van der Waals surface area contributed by atoms with Gasteiger partial charge in [-0.2, -0.15) is 11.8 Å². The number of aromatic nitrogens is 1. The Labute approximate surface area is 112 Å². The van der Waals surface area contributed by atoms with Gasteiger partial charge in [-0.1, -0.05) is 6.92 Å². The van der Waals surface area contributed by atoms with Gasteiger partial charge in [0.05, 0.1) is 6.04 Å². The molecule has 18 heavy (non-hydrogen) atoms. The number of thioether (sulfide) groups is 1. The second-order valence-corrected chi connectivity index (χ2v) is 5.23. The van der Waals surface area contributed by atoms with Gasteiger partial charge >= 0.3 is 0 Å². The van der Waals surface area contributed by atoms with Crippen LogP contribution in [0.5, 0.6) is 0 Å². The quantitative estimate of drug-likeness (QED) is 0.792. The fraction of sp³-hybridized carbons (Fsp3) is 0.667. The number of hydrogen-bond acceptors (Lipinski definition) is 5. The van der Waals surface area contributed by atoms with Crippen LogP contribution in [-0.2, 0) is 0 Å². The van der Waals surface area contributed by atoms with E-state index in [9.17, 15) is 4.79 Å². The van der Waals surface area contributed by atoms with E-state index in [1.54, 1.807) is 11.8 Å². The number of nitrogens with two attached hydrogens (primary N) is 1. The van der Waals surface area contributed by atoms with Gasteiger partial charge in [0.1, 0.15) is 6.26 Å². The Balaban J connectivity index is 2.59. The highest BCUT2D eigenvalue weighted by Crippen LogP contribution is 2.15. The van der Waals surface area contributed by atoms with Gasteiger partial charge < -0.3 is 15.5 Å². The Morgan fingerprint density at radius 3 is 3.00 bits per heavy atom. The van der Waals surface area contributed by atoms with Gasteiger partial charge in [0.2, 0.25) is 5.89 Å². The van der Waals surface area contributed by atoms with Crippen molar-refractivity contribution in [2.24, 2.45) is 5.73 Å². The molecule has 0 saturated heterocycles.